The summed E-state index contributed by atoms with van der Waals surface area (Å²) in [6, 6.07) is 7.06. The smallest absolute Gasteiger partial charge is 0.271 e. The van der Waals surface area contributed by atoms with E-state index in [2.05, 4.69) is 32.5 Å². The van der Waals surface area contributed by atoms with E-state index in [1.54, 1.807) is 43.7 Å². The summed E-state index contributed by atoms with van der Waals surface area (Å²) in [5, 5.41) is 24.7. The summed E-state index contributed by atoms with van der Waals surface area (Å²) in [4.78, 5) is 25.4. The van der Waals surface area contributed by atoms with Crippen LogP contribution in [0.3, 0.4) is 0 Å². The van der Waals surface area contributed by atoms with Gasteiger partial charge in [0.1, 0.15) is 0 Å². The van der Waals surface area contributed by atoms with Gasteiger partial charge in [-0.1, -0.05) is 17.9 Å². The van der Waals surface area contributed by atoms with Gasteiger partial charge in [-0.15, -0.1) is 0 Å². The van der Waals surface area contributed by atoms with Gasteiger partial charge < -0.3 is 21.1 Å². The number of hydrogen-bond acceptors (Lipinski definition) is 6. The maximum atomic E-state index is 12.1. The molecule has 0 radical (unpaired) electrons. The van der Waals surface area contributed by atoms with Crippen molar-refractivity contribution in [3.8, 4) is 17.5 Å². The highest BCUT2D eigenvalue weighted by molar-refractivity contribution is 5.97. The van der Waals surface area contributed by atoms with E-state index in [9.17, 15) is 14.7 Å². The molecule has 2 aromatic heterocycles. The average molecular weight is 419 g/mol. The second-order valence-electron chi connectivity index (χ2n) is 7.35. The number of H-pyrrole nitrogens is 1. The lowest BCUT2D eigenvalue weighted by atomic mass is 10.0. The first kappa shape index (κ1) is 20.2. The molecule has 1 saturated heterocycles. The Kier molecular flexibility index (Phi) is 4.96. The molecular formula is C21H21N7O3. The lowest BCUT2D eigenvalue weighted by Gasteiger charge is -2.13. The van der Waals surface area contributed by atoms with Crippen LogP contribution < -0.4 is 11.1 Å². The molecule has 4 rings (SSSR count). The summed E-state index contributed by atoms with van der Waals surface area (Å²) in [5.74, 6) is 4.48. The molecular weight excluding hydrogens is 398 g/mol. The number of nitrogens with two attached hydrogens (primary N) is 1. The number of aromatic amines is 1. The van der Waals surface area contributed by atoms with Gasteiger partial charge in [0, 0.05) is 31.8 Å². The number of aryl methyl sites for hydroxylation is 1. The quantitative estimate of drug-likeness (QED) is 0.459. The van der Waals surface area contributed by atoms with Gasteiger partial charge in [-0.2, -0.15) is 10.2 Å². The molecule has 10 heteroatoms. The number of aromatic nitrogens is 4. The fraction of sp³-hybridized carbons (Fsp3) is 0.238. The summed E-state index contributed by atoms with van der Waals surface area (Å²) in [6.07, 6.45) is 3.57. The zero-order valence-electron chi connectivity index (χ0n) is 17.0. The predicted molar refractivity (Wildman–Crippen MR) is 113 cm³/mol. The van der Waals surface area contributed by atoms with Crippen molar-refractivity contribution in [2.75, 3.05) is 18.9 Å². The van der Waals surface area contributed by atoms with Crippen molar-refractivity contribution in [2.24, 2.45) is 5.73 Å². The van der Waals surface area contributed by atoms with Gasteiger partial charge in [0.05, 0.1) is 29.0 Å². The minimum absolute atomic E-state index is 0.0750. The Morgan fingerprint density at radius 2 is 2.19 bits per heavy atom. The van der Waals surface area contributed by atoms with Crippen LogP contribution >= 0.6 is 0 Å². The zero-order valence-corrected chi connectivity index (χ0v) is 17.0. The number of aliphatic hydroxyl groups is 1. The molecule has 3 heterocycles. The number of amides is 2. The number of likely N-dealkylation sites (N-methyl/N-ethyl adjacent to an activating group) is 1. The molecule has 0 saturated carbocycles. The van der Waals surface area contributed by atoms with Gasteiger partial charge in [0.15, 0.2) is 5.69 Å². The van der Waals surface area contributed by atoms with Crippen molar-refractivity contribution in [1.82, 2.24) is 24.9 Å². The second kappa shape index (κ2) is 7.62. The summed E-state index contributed by atoms with van der Waals surface area (Å²) in [6.45, 7) is 2.27. The Morgan fingerprint density at radius 3 is 2.84 bits per heavy atom. The van der Waals surface area contributed by atoms with E-state index in [4.69, 9.17) is 5.73 Å². The maximum absolute atomic E-state index is 12.1. The topological polar surface area (TPSA) is 142 Å². The van der Waals surface area contributed by atoms with Crippen LogP contribution in [0.4, 0.5) is 11.4 Å². The first-order chi connectivity index (χ1) is 14.8. The standard InChI is InChI=1S/C21H21N7O3/c1-13-16(11-23-25-13)24-17-12-28(26-18(17)19(22)29)15-5-3-4-14(10-15)6-7-21(31)8-9-27(2)20(21)30/h3-5,10-12,24,31H,8-9H2,1-2H3,(H2,22,29)(H,23,25)/t21-/m0/s1. The lowest BCUT2D eigenvalue weighted by Crippen LogP contribution is -2.37. The third kappa shape index (κ3) is 3.86. The zero-order chi connectivity index (χ0) is 22.2. The fourth-order valence-electron chi connectivity index (χ4n) is 3.28. The van der Waals surface area contributed by atoms with E-state index in [-0.39, 0.29) is 12.1 Å². The third-order valence-electron chi connectivity index (χ3n) is 5.08. The average Bonchev–Trinajstić information content (AvgIpc) is 3.43. The first-order valence-corrected chi connectivity index (χ1v) is 9.55. The highest BCUT2D eigenvalue weighted by Crippen LogP contribution is 2.24. The number of carbonyl (C=O) groups excluding carboxylic acids is 2. The third-order valence-corrected chi connectivity index (χ3v) is 5.08. The molecule has 1 aliphatic rings. The monoisotopic (exact) mass is 419 g/mol. The van der Waals surface area contributed by atoms with Crippen LogP contribution in [0.2, 0.25) is 0 Å². The van der Waals surface area contributed by atoms with Gasteiger partial charge in [-0.25, -0.2) is 4.68 Å². The Morgan fingerprint density at radius 1 is 1.39 bits per heavy atom. The number of rotatable bonds is 4. The van der Waals surface area contributed by atoms with Crippen molar-refractivity contribution in [2.45, 2.75) is 18.9 Å². The van der Waals surface area contributed by atoms with Crippen molar-refractivity contribution in [3.05, 3.63) is 53.6 Å². The summed E-state index contributed by atoms with van der Waals surface area (Å²) >= 11 is 0. The molecule has 0 bridgehead atoms. The van der Waals surface area contributed by atoms with Crippen LogP contribution in [-0.2, 0) is 4.79 Å². The largest absolute Gasteiger partial charge is 0.369 e. The number of benzene rings is 1. The maximum Gasteiger partial charge on any atom is 0.271 e. The van der Waals surface area contributed by atoms with E-state index in [1.165, 1.54) is 9.58 Å². The van der Waals surface area contributed by atoms with Gasteiger partial charge in [-0.3, -0.25) is 14.7 Å². The number of carbonyl (C=O) groups is 2. The summed E-state index contributed by atoms with van der Waals surface area (Å²) < 4.78 is 1.51. The Hall–Kier alpha value is -4.10. The molecule has 0 unspecified atom stereocenters. The van der Waals surface area contributed by atoms with Crippen LogP contribution in [0.25, 0.3) is 5.69 Å². The SMILES string of the molecule is Cc1n[nH]cc1Nc1cn(-c2cccc(C#C[C@]3(O)CCN(C)C3=O)c2)nc1C(N)=O. The molecule has 1 fully saturated rings. The molecule has 158 valence electrons. The van der Waals surface area contributed by atoms with Crippen molar-refractivity contribution in [1.29, 1.82) is 0 Å². The van der Waals surface area contributed by atoms with Crippen LogP contribution in [0.1, 0.15) is 28.2 Å². The number of anilines is 2. The van der Waals surface area contributed by atoms with Crippen LogP contribution in [-0.4, -0.2) is 61.0 Å². The minimum Gasteiger partial charge on any atom is -0.369 e. The highest BCUT2D eigenvalue weighted by Gasteiger charge is 2.42. The molecule has 5 N–H and O–H groups in total. The molecule has 31 heavy (non-hydrogen) atoms. The number of primary amides is 1. The number of likely N-dealkylation sites (tertiary alicyclic amines) is 1. The normalized spacial score (nSPS) is 18.0. The van der Waals surface area contributed by atoms with E-state index in [0.29, 0.717) is 29.2 Å². The van der Waals surface area contributed by atoms with Gasteiger partial charge in [0.25, 0.3) is 11.8 Å². The van der Waals surface area contributed by atoms with Gasteiger partial charge in [-0.05, 0) is 25.1 Å². The first-order valence-electron chi connectivity index (χ1n) is 9.55. The van der Waals surface area contributed by atoms with Crippen LogP contribution in [0, 0.1) is 18.8 Å². The van der Waals surface area contributed by atoms with E-state index >= 15 is 0 Å². The summed E-state index contributed by atoms with van der Waals surface area (Å²) in [5.41, 5.74) is 6.97. The van der Waals surface area contributed by atoms with E-state index in [0.717, 1.165) is 5.69 Å². The highest BCUT2D eigenvalue weighted by atomic mass is 16.3. The molecule has 10 nitrogen and oxygen atoms in total. The van der Waals surface area contributed by atoms with Gasteiger partial charge in [0.2, 0.25) is 5.60 Å². The van der Waals surface area contributed by atoms with Crippen LogP contribution in [0.15, 0.2) is 36.7 Å². The molecule has 1 atom stereocenters. The van der Waals surface area contributed by atoms with Crippen molar-refractivity contribution >= 4 is 23.2 Å². The van der Waals surface area contributed by atoms with Crippen molar-refractivity contribution < 1.29 is 14.7 Å². The van der Waals surface area contributed by atoms with E-state index < -0.39 is 17.4 Å². The van der Waals surface area contributed by atoms with E-state index in [1.807, 2.05) is 6.92 Å². The minimum atomic E-state index is -1.67. The van der Waals surface area contributed by atoms with Gasteiger partial charge >= 0.3 is 0 Å². The van der Waals surface area contributed by atoms with Crippen LogP contribution in [0.5, 0.6) is 0 Å². The Labute approximate surface area is 178 Å². The summed E-state index contributed by atoms with van der Waals surface area (Å²) in [7, 11) is 1.63. The number of nitrogens with one attached hydrogen (secondary N) is 2. The Balaban J connectivity index is 1.65. The molecule has 0 spiro atoms. The predicted octanol–water partition coefficient (Wildman–Crippen LogP) is 0.691. The fourth-order valence-corrected chi connectivity index (χ4v) is 3.28. The van der Waals surface area contributed by atoms with Crippen molar-refractivity contribution in [3.63, 3.8) is 0 Å². The second-order valence-corrected chi connectivity index (χ2v) is 7.35. The molecule has 1 aliphatic heterocycles. The molecule has 0 aliphatic carbocycles. The Bertz CT molecular complexity index is 1230. The lowest BCUT2D eigenvalue weighted by molar-refractivity contribution is -0.137. The molecule has 3 aromatic rings. The molecule has 1 aromatic carbocycles. The number of nitrogens with zero attached hydrogens (tertiary/aromatic N) is 4. The number of hydrogen-bond donors (Lipinski definition) is 4. The molecule has 2 amide bonds.